The quantitative estimate of drug-likeness (QED) is 0.774. The minimum atomic E-state index is -0.609. The summed E-state index contributed by atoms with van der Waals surface area (Å²) >= 11 is 0. The molecule has 0 amide bonds. The molecular formula is C20H18N2O2. The average molecular weight is 318 g/mol. The van der Waals surface area contributed by atoms with Crippen LogP contribution in [0.2, 0.25) is 0 Å². The van der Waals surface area contributed by atoms with E-state index in [-0.39, 0.29) is 5.78 Å². The van der Waals surface area contributed by atoms with E-state index in [1.165, 1.54) is 0 Å². The molecule has 1 atom stereocenters. The number of H-pyrrole nitrogens is 1. The highest BCUT2D eigenvalue weighted by Gasteiger charge is 2.31. The van der Waals surface area contributed by atoms with E-state index >= 15 is 0 Å². The van der Waals surface area contributed by atoms with Crippen molar-refractivity contribution in [1.29, 1.82) is 0 Å². The Morgan fingerprint density at radius 3 is 2.62 bits per heavy atom. The normalized spacial score (nSPS) is 16.9. The summed E-state index contributed by atoms with van der Waals surface area (Å²) < 4.78 is 0. The third-order valence-corrected chi connectivity index (χ3v) is 4.58. The van der Waals surface area contributed by atoms with Gasteiger partial charge in [0.1, 0.15) is 0 Å². The van der Waals surface area contributed by atoms with E-state index in [0.29, 0.717) is 30.5 Å². The van der Waals surface area contributed by atoms with Crippen molar-refractivity contribution in [2.45, 2.75) is 25.4 Å². The van der Waals surface area contributed by atoms with Gasteiger partial charge in [0.05, 0.1) is 17.5 Å². The van der Waals surface area contributed by atoms with Crippen LogP contribution in [0.15, 0.2) is 54.9 Å². The van der Waals surface area contributed by atoms with Crippen LogP contribution in [0.25, 0.3) is 11.3 Å². The molecule has 4 heteroatoms. The molecule has 2 heterocycles. The molecule has 24 heavy (non-hydrogen) atoms. The minimum absolute atomic E-state index is 0.109. The van der Waals surface area contributed by atoms with Crippen LogP contribution >= 0.6 is 0 Å². The lowest BCUT2D eigenvalue weighted by Gasteiger charge is -2.17. The van der Waals surface area contributed by atoms with Crippen LogP contribution < -0.4 is 0 Å². The molecule has 4 rings (SSSR count). The number of Topliss-reactive ketones (excluding diaryl/α,β-unsaturated/α-hetero) is 1. The zero-order chi connectivity index (χ0) is 16.5. The Bertz CT molecular complexity index is 869. The highest BCUT2D eigenvalue weighted by molar-refractivity contribution is 6.01. The summed E-state index contributed by atoms with van der Waals surface area (Å²) in [5.41, 5.74) is 5.31. The van der Waals surface area contributed by atoms with E-state index in [1.807, 2.05) is 30.3 Å². The molecule has 3 aromatic rings. The Labute approximate surface area is 140 Å². The summed E-state index contributed by atoms with van der Waals surface area (Å²) in [5, 5.41) is 10.3. The molecule has 2 aromatic heterocycles. The van der Waals surface area contributed by atoms with Crippen LogP contribution in [0.3, 0.4) is 0 Å². The number of carbonyl (C=O) groups excluding carboxylic acids is 1. The van der Waals surface area contributed by atoms with Crippen LogP contribution in [-0.2, 0) is 6.42 Å². The zero-order valence-electron chi connectivity index (χ0n) is 13.2. The van der Waals surface area contributed by atoms with Crippen LogP contribution in [0.4, 0.5) is 0 Å². The second-order valence-electron chi connectivity index (χ2n) is 6.14. The van der Waals surface area contributed by atoms with Crippen LogP contribution in [0.1, 0.15) is 46.1 Å². The number of carbonyl (C=O) groups is 1. The molecule has 0 saturated carbocycles. The molecular weight excluding hydrogens is 300 g/mol. The number of aromatic nitrogens is 2. The number of pyridine rings is 1. The van der Waals surface area contributed by atoms with Gasteiger partial charge in [-0.2, -0.15) is 0 Å². The monoisotopic (exact) mass is 318 g/mol. The van der Waals surface area contributed by atoms with Crippen LogP contribution in [0.5, 0.6) is 0 Å². The molecule has 1 aromatic carbocycles. The largest absolute Gasteiger partial charge is 0.387 e. The number of aromatic amines is 1. The third-order valence-electron chi connectivity index (χ3n) is 4.58. The van der Waals surface area contributed by atoms with E-state index in [1.54, 1.807) is 12.4 Å². The van der Waals surface area contributed by atoms with E-state index in [4.69, 9.17) is 0 Å². The van der Waals surface area contributed by atoms with Gasteiger partial charge in [0, 0.05) is 36.4 Å². The van der Waals surface area contributed by atoms with Crippen LogP contribution in [-0.4, -0.2) is 20.9 Å². The lowest BCUT2D eigenvalue weighted by Crippen LogP contribution is -2.15. The van der Waals surface area contributed by atoms with Crippen molar-refractivity contribution in [3.8, 4) is 11.3 Å². The lowest BCUT2D eigenvalue weighted by molar-refractivity contribution is 0.0892. The summed E-state index contributed by atoms with van der Waals surface area (Å²) in [6, 6.07) is 13.9. The third kappa shape index (κ3) is 2.55. The molecule has 0 spiro atoms. The first kappa shape index (κ1) is 14.8. The van der Waals surface area contributed by atoms with Gasteiger partial charge in [-0.3, -0.25) is 9.78 Å². The molecule has 0 saturated heterocycles. The summed E-state index contributed by atoms with van der Waals surface area (Å²) in [7, 11) is 0. The zero-order valence-corrected chi connectivity index (χ0v) is 13.2. The Morgan fingerprint density at radius 1 is 1.12 bits per heavy atom. The maximum atomic E-state index is 12.5. The van der Waals surface area contributed by atoms with Gasteiger partial charge in [-0.05, 0) is 29.7 Å². The average Bonchev–Trinajstić information content (AvgIpc) is 3.00. The molecule has 1 aliphatic carbocycles. The van der Waals surface area contributed by atoms with Crippen molar-refractivity contribution in [3.63, 3.8) is 0 Å². The number of benzene rings is 1. The number of ketones is 1. The SMILES string of the molecule is O=C1CCC(O)c2[nH]c(-c3ccncc3)c(Cc3ccccc3)c21. The lowest BCUT2D eigenvalue weighted by atomic mass is 9.88. The number of aliphatic hydroxyl groups is 1. The summed E-state index contributed by atoms with van der Waals surface area (Å²) in [4.78, 5) is 19.9. The maximum Gasteiger partial charge on any atom is 0.165 e. The molecule has 4 nitrogen and oxygen atoms in total. The Kier molecular flexibility index (Phi) is 3.75. The fourth-order valence-electron chi connectivity index (χ4n) is 3.41. The van der Waals surface area contributed by atoms with Gasteiger partial charge in [-0.15, -0.1) is 0 Å². The van der Waals surface area contributed by atoms with E-state index in [0.717, 1.165) is 22.4 Å². The Balaban J connectivity index is 1.90. The summed E-state index contributed by atoms with van der Waals surface area (Å²) in [5.74, 6) is 0.109. The molecule has 0 bridgehead atoms. The number of rotatable bonds is 3. The topological polar surface area (TPSA) is 66.0 Å². The summed E-state index contributed by atoms with van der Waals surface area (Å²) in [6.07, 6.45) is 4.39. The number of aliphatic hydroxyl groups excluding tert-OH is 1. The highest BCUT2D eigenvalue weighted by Crippen LogP contribution is 2.38. The number of nitrogens with one attached hydrogen (secondary N) is 1. The summed E-state index contributed by atoms with van der Waals surface area (Å²) in [6.45, 7) is 0. The molecule has 120 valence electrons. The number of fused-ring (bicyclic) bond motifs is 1. The minimum Gasteiger partial charge on any atom is -0.387 e. The van der Waals surface area contributed by atoms with Gasteiger partial charge in [-0.25, -0.2) is 0 Å². The second kappa shape index (κ2) is 6.06. The van der Waals surface area contributed by atoms with Crippen molar-refractivity contribution in [1.82, 2.24) is 9.97 Å². The number of hydrogen-bond acceptors (Lipinski definition) is 3. The fraction of sp³-hybridized carbons (Fsp3) is 0.200. The van der Waals surface area contributed by atoms with E-state index in [2.05, 4.69) is 22.1 Å². The first-order valence-corrected chi connectivity index (χ1v) is 8.14. The van der Waals surface area contributed by atoms with E-state index < -0.39 is 6.10 Å². The van der Waals surface area contributed by atoms with Crippen molar-refractivity contribution >= 4 is 5.78 Å². The van der Waals surface area contributed by atoms with Gasteiger partial charge < -0.3 is 10.1 Å². The first-order chi connectivity index (χ1) is 11.7. The smallest absolute Gasteiger partial charge is 0.165 e. The molecule has 1 unspecified atom stereocenters. The van der Waals surface area contributed by atoms with Crippen molar-refractivity contribution in [2.24, 2.45) is 0 Å². The molecule has 0 radical (unpaired) electrons. The predicted molar refractivity (Wildman–Crippen MR) is 91.8 cm³/mol. The van der Waals surface area contributed by atoms with Crippen LogP contribution in [0, 0.1) is 0 Å². The molecule has 0 aliphatic heterocycles. The van der Waals surface area contributed by atoms with Gasteiger partial charge in [0.25, 0.3) is 0 Å². The Hall–Kier alpha value is -2.72. The van der Waals surface area contributed by atoms with E-state index in [9.17, 15) is 9.90 Å². The first-order valence-electron chi connectivity index (χ1n) is 8.14. The fourth-order valence-corrected chi connectivity index (χ4v) is 3.41. The van der Waals surface area contributed by atoms with Gasteiger partial charge in [0.15, 0.2) is 5.78 Å². The predicted octanol–water partition coefficient (Wildman–Crippen LogP) is 3.68. The molecule has 2 N–H and O–H groups in total. The van der Waals surface area contributed by atoms with Gasteiger partial charge >= 0.3 is 0 Å². The molecule has 1 aliphatic rings. The van der Waals surface area contributed by atoms with Gasteiger partial charge in [0.2, 0.25) is 0 Å². The van der Waals surface area contributed by atoms with Crippen molar-refractivity contribution in [2.75, 3.05) is 0 Å². The highest BCUT2D eigenvalue weighted by atomic mass is 16.3. The Morgan fingerprint density at radius 2 is 1.88 bits per heavy atom. The molecule has 0 fully saturated rings. The standard InChI is InChI=1S/C20H18N2O2/c23-16-6-7-17(24)20-18(16)15(12-13-4-2-1-3-5-13)19(22-20)14-8-10-21-11-9-14/h1-5,8-11,17,22,24H,6-7,12H2. The maximum absolute atomic E-state index is 12.5. The van der Waals surface area contributed by atoms with Crippen molar-refractivity contribution in [3.05, 3.63) is 77.2 Å². The number of nitrogens with zero attached hydrogens (tertiary/aromatic N) is 1. The second-order valence-corrected chi connectivity index (χ2v) is 6.14. The van der Waals surface area contributed by atoms with Gasteiger partial charge in [-0.1, -0.05) is 30.3 Å². The van der Waals surface area contributed by atoms with Crippen molar-refractivity contribution < 1.29 is 9.90 Å². The number of hydrogen-bond donors (Lipinski definition) is 2.